The van der Waals surface area contributed by atoms with Gasteiger partial charge in [-0.15, -0.1) is 0 Å². The SMILES string of the molecule is CC(C)c1cccc(C(C)C)c1NC(=O)CN(C)S(=O)(=O)c1ccc2c(c1)OCCCO2. The summed E-state index contributed by atoms with van der Waals surface area (Å²) in [6.45, 7) is 8.94. The number of anilines is 1. The standard InChI is InChI=1S/C24H32N2O5S/c1-16(2)19-8-6-9-20(17(3)4)24(19)25-23(27)15-26(5)32(28,29)18-10-11-21-22(14-18)31-13-7-12-30-21/h6,8-11,14,16-17H,7,12-13,15H2,1-5H3,(H,25,27). The Morgan fingerprint density at radius 2 is 1.59 bits per heavy atom. The van der Waals surface area contributed by atoms with Crippen LogP contribution in [-0.4, -0.2) is 45.4 Å². The molecule has 1 heterocycles. The number of hydrogen-bond donors (Lipinski definition) is 1. The third-order valence-electron chi connectivity index (χ3n) is 5.43. The van der Waals surface area contributed by atoms with Gasteiger partial charge < -0.3 is 14.8 Å². The van der Waals surface area contributed by atoms with Crippen molar-refractivity contribution < 1.29 is 22.7 Å². The molecule has 1 N–H and O–H groups in total. The highest BCUT2D eigenvalue weighted by Gasteiger charge is 2.26. The topological polar surface area (TPSA) is 84.9 Å². The summed E-state index contributed by atoms with van der Waals surface area (Å²) in [5.41, 5.74) is 2.82. The number of carbonyl (C=O) groups excluding carboxylic acids is 1. The third kappa shape index (κ3) is 5.24. The number of nitrogens with zero attached hydrogens (tertiary/aromatic N) is 1. The Morgan fingerprint density at radius 1 is 1.00 bits per heavy atom. The van der Waals surface area contributed by atoms with Crippen LogP contribution in [0, 0.1) is 0 Å². The molecule has 0 radical (unpaired) electrons. The van der Waals surface area contributed by atoms with Crippen LogP contribution in [0.25, 0.3) is 0 Å². The van der Waals surface area contributed by atoms with Crippen molar-refractivity contribution in [3.63, 3.8) is 0 Å². The molecule has 0 aliphatic carbocycles. The molecule has 7 nitrogen and oxygen atoms in total. The van der Waals surface area contributed by atoms with E-state index in [9.17, 15) is 13.2 Å². The second kappa shape index (κ2) is 9.92. The van der Waals surface area contributed by atoms with E-state index in [-0.39, 0.29) is 29.2 Å². The molecule has 174 valence electrons. The number of nitrogens with one attached hydrogen (secondary N) is 1. The second-order valence-electron chi connectivity index (χ2n) is 8.59. The van der Waals surface area contributed by atoms with Crippen LogP contribution >= 0.6 is 0 Å². The highest BCUT2D eigenvalue weighted by atomic mass is 32.2. The van der Waals surface area contributed by atoms with Crippen molar-refractivity contribution in [3.05, 3.63) is 47.5 Å². The van der Waals surface area contributed by atoms with Crippen LogP contribution in [0.2, 0.25) is 0 Å². The lowest BCUT2D eigenvalue weighted by Gasteiger charge is -2.22. The van der Waals surface area contributed by atoms with Crippen molar-refractivity contribution in [2.45, 2.75) is 50.8 Å². The first-order valence-electron chi connectivity index (χ1n) is 10.9. The Morgan fingerprint density at radius 3 is 2.19 bits per heavy atom. The monoisotopic (exact) mass is 460 g/mol. The Hall–Kier alpha value is -2.58. The molecule has 0 fully saturated rings. The first-order valence-corrected chi connectivity index (χ1v) is 12.3. The predicted molar refractivity (Wildman–Crippen MR) is 125 cm³/mol. The van der Waals surface area contributed by atoms with Crippen molar-refractivity contribution in [2.24, 2.45) is 0 Å². The van der Waals surface area contributed by atoms with Gasteiger partial charge in [0.25, 0.3) is 0 Å². The summed E-state index contributed by atoms with van der Waals surface area (Å²) in [5, 5.41) is 2.96. The van der Waals surface area contributed by atoms with Gasteiger partial charge in [-0.05, 0) is 35.1 Å². The van der Waals surface area contributed by atoms with Gasteiger partial charge in [0.15, 0.2) is 11.5 Å². The lowest BCUT2D eigenvalue weighted by molar-refractivity contribution is -0.116. The summed E-state index contributed by atoms with van der Waals surface area (Å²) in [5.74, 6) is 0.960. The fourth-order valence-electron chi connectivity index (χ4n) is 3.65. The minimum Gasteiger partial charge on any atom is -0.490 e. The fraction of sp³-hybridized carbons (Fsp3) is 0.458. The molecule has 0 saturated heterocycles. The minimum absolute atomic E-state index is 0.0579. The number of hydrogen-bond acceptors (Lipinski definition) is 5. The number of para-hydroxylation sites is 1. The molecule has 0 unspecified atom stereocenters. The minimum atomic E-state index is -3.89. The van der Waals surface area contributed by atoms with Crippen molar-refractivity contribution in [1.82, 2.24) is 4.31 Å². The number of fused-ring (bicyclic) bond motifs is 1. The predicted octanol–water partition coefficient (Wildman–Crippen LogP) is 4.35. The van der Waals surface area contributed by atoms with E-state index in [1.165, 1.54) is 19.2 Å². The molecule has 1 aliphatic rings. The van der Waals surface area contributed by atoms with Gasteiger partial charge in [0.1, 0.15) is 0 Å². The van der Waals surface area contributed by atoms with Crippen LogP contribution < -0.4 is 14.8 Å². The quantitative estimate of drug-likeness (QED) is 0.664. The zero-order valence-electron chi connectivity index (χ0n) is 19.3. The van der Waals surface area contributed by atoms with Gasteiger partial charge in [0.05, 0.1) is 24.7 Å². The number of likely N-dealkylation sites (N-methyl/N-ethyl adjacent to an activating group) is 1. The van der Waals surface area contributed by atoms with Crippen LogP contribution in [-0.2, 0) is 14.8 Å². The number of benzene rings is 2. The molecule has 2 aromatic carbocycles. The van der Waals surface area contributed by atoms with E-state index in [0.29, 0.717) is 24.7 Å². The van der Waals surface area contributed by atoms with Crippen LogP contribution in [0.5, 0.6) is 11.5 Å². The van der Waals surface area contributed by atoms with Crippen molar-refractivity contribution >= 4 is 21.6 Å². The number of ether oxygens (including phenoxy) is 2. The zero-order chi connectivity index (χ0) is 23.5. The van der Waals surface area contributed by atoms with Gasteiger partial charge in [-0.2, -0.15) is 4.31 Å². The van der Waals surface area contributed by atoms with Gasteiger partial charge in [0.2, 0.25) is 15.9 Å². The molecule has 32 heavy (non-hydrogen) atoms. The Labute approximate surface area is 190 Å². The van der Waals surface area contributed by atoms with Crippen LogP contribution in [0.15, 0.2) is 41.3 Å². The summed E-state index contributed by atoms with van der Waals surface area (Å²) < 4.78 is 38.4. The zero-order valence-corrected chi connectivity index (χ0v) is 20.2. The van der Waals surface area contributed by atoms with E-state index in [0.717, 1.165) is 27.5 Å². The van der Waals surface area contributed by atoms with E-state index in [1.807, 2.05) is 18.2 Å². The summed E-state index contributed by atoms with van der Waals surface area (Å²) >= 11 is 0. The summed E-state index contributed by atoms with van der Waals surface area (Å²) in [4.78, 5) is 12.9. The molecular weight excluding hydrogens is 428 g/mol. The van der Waals surface area contributed by atoms with Gasteiger partial charge in [0, 0.05) is 25.2 Å². The van der Waals surface area contributed by atoms with Gasteiger partial charge in [-0.1, -0.05) is 45.9 Å². The highest BCUT2D eigenvalue weighted by Crippen LogP contribution is 2.34. The lowest BCUT2D eigenvalue weighted by Crippen LogP contribution is -2.35. The number of sulfonamides is 1. The molecule has 0 atom stereocenters. The van der Waals surface area contributed by atoms with E-state index >= 15 is 0 Å². The molecule has 3 rings (SSSR count). The number of amides is 1. The highest BCUT2D eigenvalue weighted by molar-refractivity contribution is 7.89. The van der Waals surface area contributed by atoms with Crippen molar-refractivity contribution in [1.29, 1.82) is 0 Å². The maximum absolute atomic E-state index is 13.1. The molecule has 0 spiro atoms. The maximum atomic E-state index is 13.1. The third-order valence-corrected chi connectivity index (χ3v) is 7.23. The number of carbonyl (C=O) groups is 1. The van der Waals surface area contributed by atoms with Crippen LogP contribution in [0.4, 0.5) is 5.69 Å². The molecule has 2 aromatic rings. The van der Waals surface area contributed by atoms with Crippen LogP contribution in [0.3, 0.4) is 0 Å². The Bertz CT molecular complexity index is 1050. The maximum Gasteiger partial charge on any atom is 0.243 e. The average Bonchev–Trinajstić information content (AvgIpc) is 2.98. The first kappa shape index (κ1) is 24.1. The van der Waals surface area contributed by atoms with Crippen molar-refractivity contribution in [2.75, 3.05) is 32.1 Å². The average molecular weight is 461 g/mol. The molecule has 8 heteroatoms. The van der Waals surface area contributed by atoms with Gasteiger partial charge in [-0.3, -0.25) is 4.79 Å². The molecular formula is C24H32N2O5S. The molecule has 1 aliphatic heterocycles. The lowest BCUT2D eigenvalue weighted by atomic mass is 9.92. The van der Waals surface area contributed by atoms with E-state index in [4.69, 9.17) is 9.47 Å². The first-order chi connectivity index (χ1) is 15.1. The van der Waals surface area contributed by atoms with Gasteiger partial charge >= 0.3 is 0 Å². The summed E-state index contributed by atoms with van der Waals surface area (Å²) in [6, 6.07) is 10.5. The Kier molecular flexibility index (Phi) is 7.46. The smallest absolute Gasteiger partial charge is 0.243 e. The molecule has 0 bridgehead atoms. The number of rotatable bonds is 7. The normalized spacial score (nSPS) is 14.0. The van der Waals surface area contributed by atoms with Gasteiger partial charge in [-0.25, -0.2) is 8.42 Å². The summed E-state index contributed by atoms with van der Waals surface area (Å²) in [7, 11) is -2.49. The second-order valence-corrected chi connectivity index (χ2v) is 10.6. The summed E-state index contributed by atoms with van der Waals surface area (Å²) in [6.07, 6.45) is 0.729. The molecule has 0 saturated carbocycles. The Balaban J connectivity index is 1.80. The van der Waals surface area contributed by atoms with E-state index in [2.05, 4.69) is 33.0 Å². The molecule has 0 aromatic heterocycles. The van der Waals surface area contributed by atoms with E-state index in [1.54, 1.807) is 6.07 Å². The van der Waals surface area contributed by atoms with Crippen LogP contribution in [0.1, 0.15) is 57.1 Å². The largest absolute Gasteiger partial charge is 0.490 e. The fourth-order valence-corrected chi connectivity index (χ4v) is 4.79. The van der Waals surface area contributed by atoms with E-state index < -0.39 is 10.0 Å². The van der Waals surface area contributed by atoms with Crippen molar-refractivity contribution in [3.8, 4) is 11.5 Å². The molecule has 1 amide bonds.